The summed E-state index contributed by atoms with van der Waals surface area (Å²) in [5.74, 6) is 0.444. The van der Waals surface area contributed by atoms with Gasteiger partial charge < -0.3 is 15.1 Å². The summed E-state index contributed by atoms with van der Waals surface area (Å²) >= 11 is 0. The Morgan fingerprint density at radius 3 is 2.63 bits per heavy atom. The number of amides is 2. The van der Waals surface area contributed by atoms with Crippen LogP contribution < -0.4 is 10.6 Å². The molecule has 0 saturated carbocycles. The van der Waals surface area contributed by atoms with E-state index in [1.165, 1.54) is 0 Å². The summed E-state index contributed by atoms with van der Waals surface area (Å²) in [7, 11) is 0. The average molecular weight is 363 g/mol. The lowest BCUT2D eigenvalue weighted by molar-refractivity contribution is -0.122. The number of carbonyl (C=O) groups excluding carboxylic acids is 2. The molecular weight excluding hydrogens is 342 g/mol. The number of rotatable bonds is 6. The van der Waals surface area contributed by atoms with E-state index in [1.54, 1.807) is 25.3 Å². The lowest BCUT2D eigenvalue weighted by Crippen LogP contribution is -2.44. The van der Waals surface area contributed by atoms with Gasteiger partial charge in [0.2, 0.25) is 11.8 Å². The van der Waals surface area contributed by atoms with Crippen LogP contribution in [-0.2, 0) is 11.3 Å². The minimum atomic E-state index is -0.679. The first-order valence-electron chi connectivity index (χ1n) is 8.68. The van der Waals surface area contributed by atoms with Gasteiger partial charge in [-0.25, -0.2) is 4.98 Å². The largest absolute Gasteiger partial charge is 0.439 e. The third kappa shape index (κ3) is 4.82. The first kappa shape index (κ1) is 18.4. The van der Waals surface area contributed by atoms with Crippen LogP contribution >= 0.6 is 0 Å². The molecule has 2 N–H and O–H groups in total. The Morgan fingerprint density at radius 2 is 1.89 bits per heavy atom. The summed E-state index contributed by atoms with van der Waals surface area (Å²) in [6.45, 7) is 3.69. The van der Waals surface area contributed by atoms with Crippen molar-refractivity contribution in [2.24, 2.45) is 0 Å². The molecule has 0 saturated heterocycles. The topological polar surface area (TPSA) is 84.2 Å². The van der Waals surface area contributed by atoms with Gasteiger partial charge in [-0.3, -0.25) is 9.59 Å². The van der Waals surface area contributed by atoms with Gasteiger partial charge in [-0.05, 0) is 26.0 Å². The second-order valence-corrected chi connectivity index (χ2v) is 6.27. The maximum Gasteiger partial charge on any atom is 0.251 e. The molecule has 3 rings (SSSR count). The molecule has 2 aromatic carbocycles. The minimum Gasteiger partial charge on any atom is -0.439 e. The fraction of sp³-hybridized carbons (Fsp3) is 0.190. The summed E-state index contributed by atoms with van der Waals surface area (Å²) in [6.07, 6.45) is 1.62. The molecule has 0 radical (unpaired) electrons. The highest BCUT2D eigenvalue weighted by molar-refractivity contribution is 5.97. The fourth-order valence-electron chi connectivity index (χ4n) is 2.58. The highest BCUT2D eigenvalue weighted by atomic mass is 16.4. The Hall–Kier alpha value is -3.41. The molecule has 3 aromatic rings. The molecule has 0 aliphatic rings. The molecule has 0 aliphatic carbocycles. The van der Waals surface area contributed by atoms with E-state index in [4.69, 9.17) is 4.42 Å². The molecule has 0 spiro atoms. The van der Waals surface area contributed by atoms with Gasteiger partial charge in [0, 0.05) is 11.1 Å². The van der Waals surface area contributed by atoms with E-state index >= 15 is 0 Å². The molecule has 0 bridgehead atoms. The van der Waals surface area contributed by atoms with Gasteiger partial charge in [0.1, 0.15) is 6.04 Å². The van der Waals surface area contributed by atoms with Gasteiger partial charge in [0.25, 0.3) is 5.91 Å². The van der Waals surface area contributed by atoms with Crippen LogP contribution in [0, 0.1) is 6.92 Å². The van der Waals surface area contributed by atoms with Gasteiger partial charge >= 0.3 is 0 Å². The second-order valence-electron chi connectivity index (χ2n) is 6.27. The Kier molecular flexibility index (Phi) is 5.66. The van der Waals surface area contributed by atoms with E-state index in [-0.39, 0.29) is 18.4 Å². The number of nitrogens with zero attached hydrogens (tertiary/aromatic N) is 1. The highest BCUT2D eigenvalue weighted by Crippen LogP contribution is 2.19. The number of hydrogen-bond donors (Lipinski definition) is 2. The summed E-state index contributed by atoms with van der Waals surface area (Å²) < 4.78 is 5.65. The lowest BCUT2D eigenvalue weighted by Gasteiger charge is -2.13. The quantitative estimate of drug-likeness (QED) is 0.705. The van der Waals surface area contributed by atoms with Gasteiger partial charge in [-0.1, -0.05) is 48.0 Å². The normalized spacial score (nSPS) is 11.6. The summed E-state index contributed by atoms with van der Waals surface area (Å²) in [5, 5.41) is 5.41. The molecule has 6 heteroatoms. The molecular formula is C21H21N3O3. The maximum absolute atomic E-state index is 12.2. The van der Waals surface area contributed by atoms with Gasteiger partial charge in [0.15, 0.2) is 5.76 Å². The molecule has 27 heavy (non-hydrogen) atoms. The predicted molar refractivity (Wildman–Crippen MR) is 102 cm³/mol. The van der Waals surface area contributed by atoms with E-state index in [2.05, 4.69) is 15.6 Å². The number of nitrogens with one attached hydrogen (secondary N) is 2. The Balaban J connectivity index is 1.53. The predicted octanol–water partition coefficient (Wildman–Crippen LogP) is 3.08. The van der Waals surface area contributed by atoms with Crippen molar-refractivity contribution >= 4 is 11.8 Å². The Labute approximate surface area is 157 Å². The molecule has 1 unspecified atom stereocenters. The second kappa shape index (κ2) is 8.31. The van der Waals surface area contributed by atoms with Crippen molar-refractivity contribution in [3.05, 3.63) is 77.8 Å². The number of oxazole rings is 1. The van der Waals surface area contributed by atoms with Crippen LogP contribution in [0.3, 0.4) is 0 Å². The molecule has 1 heterocycles. The third-order valence-electron chi connectivity index (χ3n) is 4.05. The number of benzene rings is 2. The minimum absolute atomic E-state index is 0.149. The molecule has 138 valence electrons. The number of hydrogen-bond acceptors (Lipinski definition) is 4. The van der Waals surface area contributed by atoms with E-state index in [9.17, 15) is 9.59 Å². The van der Waals surface area contributed by atoms with Crippen LogP contribution in [0.15, 0.2) is 65.2 Å². The van der Waals surface area contributed by atoms with Crippen molar-refractivity contribution in [3.63, 3.8) is 0 Å². The zero-order chi connectivity index (χ0) is 19.2. The number of carbonyl (C=O) groups is 2. The molecule has 1 atom stereocenters. The number of aryl methyl sites for hydroxylation is 1. The summed E-state index contributed by atoms with van der Waals surface area (Å²) in [6, 6.07) is 16.1. The first-order valence-corrected chi connectivity index (χ1v) is 8.68. The SMILES string of the molecule is Cc1cccc(C(=O)NC(C)C(=O)NCc2ncc(-c3ccccc3)o2)c1. The van der Waals surface area contributed by atoms with Crippen LogP contribution in [0.5, 0.6) is 0 Å². The fourth-order valence-corrected chi connectivity index (χ4v) is 2.58. The zero-order valence-corrected chi connectivity index (χ0v) is 15.2. The van der Waals surface area contributed by atoms with Crippen LogP contribution in [0.1, 0.15) is 28.7 Å². The zero-order valence-electron chi connectivity index (χ0n) is 15.2. The van der Waals surface area contributed by atoms with Crippen LogP contribution in [0.4, 0.5) is 0 Å². The Bertz CT molecular complexity index is 935. The van der Waals surface area contributed by atoms with Crippen molar-refractivity contribution in [3.8, 4) is 11.3 Å². The summed E-state index contributed by atoms with van der Waals surface area (Å²) in [5.41, 5.74) is 2.43. The molecule has 0 fully saturated rings. The van der Waals surface area contributed by atoms with Crippen molar-refractivity contribution < 1.29 is 14.0 Å². The van der Waals surface area contributed by atoms with Gasteiger partial charge in [0.05, 0.1) is 12.7 Å². The van der Waals surface area contributed by atoms with E-state index in [0.29, 0.717) is 17.2 Å². The number of aromatic nitrogens is 1. The average Bonchev–Trinajstić information content (AvgIpc) is 3.15. The smallest absolute Gasteiger partial charge is 0.251 e. The van der Waals surface area contributed by atoms with E-state index in [0.717, 1.165) is 11.1 Å². The summed E-state index contributed by atoms with van der Waals surface area (Å²) in [4.78, 5) is 28.6. The lowest BCUT2D eigenvalue weighted by atomic mass is 10.1. The molecule has 6 nitrogen and oxygen atoms in total. The first-order chi connectivity index (χ1) is 13.0. The van der Waals surface area contributed by atoms with Crippen molar-refractivity contribution in [1.82, 2.24) is 15.6 Å². The Morgan fingerprint density at radius 1 is 1.11 bits per heavy atom. The van der Waals surface area contributed by atoms with Crippen molar-refractivity contribution in [2.75, 3.05) is 0 Å². The van der Waals surface area contributed by atoms with Crippen LogP contribution in [-0.4, -0.2) is 22.8 Å². The molecule has 1 aromatic heterocycles. The monoisotopic (exact) mass is 363 g/mol. The maximum atomic E-state index is 12.2. The van der Waals surface area contributed by atoms with Crippen molar-refractivity contribution in [2.45, 2.75) is 26.4 Å². The highest BCUT2D eigenvalue weighted by Gasteiger charge is 2.17. The van der Waals surface area contributed by atoms with Gasteiger partial charge in [-0.2, -0.15) is 0 Å². The molecule has 2 amide bonds. The molecule has 0 aliphatic heterocycles. The van der Waals surface area contributed by atoms with Crippen LogP contribution in [0.25, 0.3) is 11.3 Å². The van der Waals surface area contributed by atoms with E-state index < -0.39 is 6.04 Å². The third-order valence-corrected chi connectivity index (χ3v) is 4.05. The van der Waals surface area contributed by atoms with E-state index in [1.807, 2.05) is 49.4 Å². The standard InChI is InChI=1S/C21H21N3O3/c1-14-7-6-10-17(11-14)21(26)24-15(2)20(25)23-13-19-22-12-18(27-19)16-8-4-3-5-9-16/h3-12,15H,13H2,1-2H3,(H,23,25)(H,24,26). The van der Waals surface area contributed by atoms with Crippen LogP contribution in [0.2, 0.25) is 0 Å². The van der Waals surface area contributed by atoms with Gasteiger partial charge in [-0.15, -0.1) is 0 Å². The van der Waals surface area contributed by atoms with Crippen molar-refractivity contribution in [1.29, 1.82) is 0 Å².